The van der Waals surface area contributed by atoms with Gasteiger partial charge in [-0.15, -0.1) is 11.3 Å². The molecule has 0 atom stereocenters. The number of para-hydroxylation sites is 1. The summed E-state index contributed by atoms with van der Waals surface area (Å²) in [6, 6.07) is 11.6. The number of benzene rings is 1. The number of thioether (sulfide) groups is 1. The third-order valence-electron chi connectivity index (χ3n) is 4.37. The summed E-state index contributed by atoms with van der Waals surface area (Å²) >= 11 is 3.08. The van der Waals surface area contributed by atoms with Gasteiger partial charge in [0.1, 0.15) is 22.0 Å². The number of aromatic nitrogens is 4. The van der Waals surface area contributed by atoms with Crippen molar-refractivity contribution in [1.29, 1.82) is 0 Å². The van der Waals surface area contributed by atoms with E-state index in [0.29, 0.717) is 5.82 Å². The lowest BCUT2D eigenvalue weighted by atomic mass is 10.2. The highest BCUT2D eigenvalue weighted by atomic mass is 32.2. The van der Waals surface area contributed by atoms with Gasteiger partial charge in [0, 0.05) is 16.3 Å². The summed E-state index contributed by atoms with van der Waals surface area (Å²) in [5.41, 5.74) is 2.93. The second-order valence-corrected chi connectivity index (χ2v) is 8.56. The quantitative estimate of drug-likeness (QED) is 0.387. The molecule has 1 aromatic carbocycles. The van der Waals surface area contributed by atoms with Crippen LogP contribution in [0, 0.1) is 20.8 Å². The van der Waals surface area contributed by atoms with Gasteiger partial charge in [-0.3, -0.25) is 4.79 Å². The molecule has 0 saturated heterocycles. The van der Waals surface area contributed by atoms with E-state index in [9.17, 15) is 4.79 Å². The van der Waals surface area contributed by atoms with E-state index in [1.54, 1.807) is 22.3 Å². The van der Waals surface area contributed by atoms with E-state index in [0.717, 1.165) is 26.6 Å². The van der Waals surface area contributed by atoms with Gasteiger partial charge in [0.15, 0.2) is 0 Å². The first-order chi connectivity index (χ1) is 13.5. The lowest BCUT2D eigenvalue weighted by Crippen LogP contribution is -2.17. The Labute approximate surface area is 171 Å². The van der Waals surface area contributed by atoms with E-state index in [4.69, 9.17) is 0 Å². The van der Waals surface area contributed by atoms with Crippen molar-refractivity contribution in [3.05, 3.63) is 58.9 Å². The molecule has 3 aromatic heterocycles. The summed E-state index contributed by atoms with van der Waals surface area (Å²) in [4.78, 5) is 23.5. The van der Waals surface area contributed by atoms with Crippen molar-refractivity contribution < 1.29 is 4.79 Å². The second-order valence-electron chi connectivity index (χ2n) is 6.40. The maximum Gasteiger partial charge on any atom is 0.235 e. The Bertz CT molecular complexity index is 1150. The van der Waals surface area contributed by atoms with E-state index in [1.807, 2.05) is 43.3 Å². The molecule has 6 nitrogen and oxygen atoms in total. The molecule has 0 saturated carbocycles. The van der Waals surface area contributed by atoms with Crippen LogP contribution in [-0.4, -0.2) is 31.4 Å². The molecule has 1 N–H and O–H groups in total. The molecule has 0 aliphatic rings. The van der Waals surface area contributed by atoms with E-state index in [1.165, 1.54) is 22.2 Å². The van der Waals surface area contributed by atoms with Crippen molar-refractivity contribution in [3.8, 4) is 5.69 Å². The molecule has 4 rings (SSSR count). The minimum atomic E-state index is -0.0987. The molecule has 0 radical (unpaired) electrons. The molecular weight excluding hydrogens is 390 g/mol. The maximum atomic E-state index is 12.6. The predicted octanol–water partition coefficient (Wildman–Crippen LogP) is 4.53. The Balaban J connectivity index is 1.51. The van der Waals surface area contributed by atoms with Crippen molar-refractivity contribution in [3.63, 3.8) is 0 Å². The first-order valence-electron chi connectivity index (χ1n) is 8.78. The molecule has 1 amide bonds. The van der Waals surface area contributed by atoms with E-state index in [2.05, 4.69) is 34.2 Å². The van der Waals surface area contributed by atoms with Gasteiger partial charge in [-0.25, -0.2) is 14.6 Å². The summed E-state index contributed by atoms with van der Waals surface area (Å²) in [7, 11) is 0. The Kier molecular flexibility index (Phi) is 5.15. The topological polar surface area (TPSA) is 72.7 Å². The molecule has 0 bridgehead atoms. The summed E-state index contributed by atoms with van der Waals surface area (Å²) < 4.78 is 1.74. The third kappa shape index (κ3) is 3.65. The van der Waals surface area contributed by atoms with Crippen LogP contribution < -0.4 is 5.32 Å². The van der Waals surface area contributed by atoms with Crippen LogP contribution in [0.15, 0.2) is 47.8 Å². The molecule has 0 unspecified atom stereocenters. The van der Waals surface area contributed by atoms with Gasteiger partial charge in [-0.05, 0) is 38.5 Å². The first kappa shape index (κ1) is 18.6. The molecule has 4 aromatic rings. The Hall–Kier alpha value is -2.71. The third-order valence-corrected chi connectivity index (χ3v) is 6.48. The van der Waals surface area contributed by atoms with E-state index in [-0.39, 0.29) is 11.7 Å². The molecular formula is C20H19N5OS2. The van der Waals surface area contributed by atoms with Crippen molar-refractivity contribution in [2.45, 2.75) is 25.8 Å². The van der Waals surface area contributed by atoms with Gasteiger partial charge in [-0.2, -0.15) is 5.10 Å². The number of fused-ring (bicyclic) bond motifs is 1. The highest BCUT2D eigenvalue weighted by Crippen LogP contribution is 2.34. The molecule has 142 valence electrons. The maximum absolute atomic E-state index is 12.6. The van der Waals surface area contributed by atoms with Crippen LogP contribution in [0.1, 0.15) is 16.1 Å². The van der Waals surface area contributed by atoms with Crippen LogP contribution in [0.4, 0.5) is 5.82 Å². The Morgan fingerprint density at radius 1 is 1.18 bits per heavy atom. The van der Waals surface area contributed by atoms with Crippen molar-refractivity contribution in [1.82, 2.24) is 19.7 Å². The van der Waals surface area contributed by atoms with E-state index >= 15 is 0 Å². The van der Waals surface area contributed by atoms with Gasteiger partial charge >= 0.3 is 0 Å². The number of hydrogen-bond donors (Lipinski definition) is 1. The number of carbonyl (C=O) groups excluding carboxylic acids is 1. The summed E-state index contributed by atoms with van der Waals surface area (Å²) in [5, 5.41) is 9.34. The standard InChI is InChI=1S/C20H19N5OS2/c1-12-9-16(25(24-12)15-7-5-4-6-8-15)23-17(26)10-27-19-18-13(2)14(3)28-20(18)22-11-21-19/h4-9,11H,10H2,1-3H3,(H,23,26). The highest BCUT2D eigenvalue weighted by molar-refractivity contribution is 8.00. The van der Waals surface area contributed by atoms with Crippen LogP contribution in [-0.2, 0) is 4.79 Å². The van der Waals surface area contributed by atoms with Gasteiger partial charge in [-0.1, -0.05) is 30.0 Å². The van der Waals surface area contributed by atoms with Gasteiger partial charge < -0.3 is 5.32 Å². The molecule has 0 spiro atoms. The fraction of sp³-hybridized carbons (Fsp3) is 0.200. The summed E-state index contributed by atoms with van der Waals surface area (Å²) in [5.74, 6) is 0.822. The highest BCUT2D eigenvalue weighted by Gasteiger charge is 2.15. The number of aryl methyl sites for hydroxylation is 3. The van der Waals surface area contributed by atoms with Gasteiger partial charge in [0.05, 0.1) is 17.1 Å². The first-order valence-corrected chi connectivity index (χ1v) is 10.6. The lowest BCUT2D eigenvalue weighted by molar-refractivity contribution is -0.113. The van der Waals surface area contributed by atoms with Crippen LogP contribution in [0.5, 0.6) is 0 Å². The number of rotatable bonds is 5. The monoisotopic (exact) mass is 409 g/mol. The lowest BCUT2D eigenvalue weighted by Gasteiger charge is -2.09. The molecule has 0 aliphatic carbocycles. The average Bonchev–Trinajstić information content (AvgIpc) is 3.20. The van der Waals surface area contributed by atoms with Crippen molar-refractivity contribution >= 4 is 45.0 Å². The van der Waals surface area contributed by atoms with Crippen molar-refractivity contribution in [2.75, 3.05) is 11.1 Å². The van der Waals surface area contributed by atoms with Crippen LogP contribution in [0.2, 0.25) is 0 Å². The molecule has 0 aliphatic heterocycles. The summed E-state index contributed by atoms with van der Waals surface area (Å²) in [6.07, 6.45) is 1.56. The minimum Gasteiger partial charge on any atom is -0.310 e. The molecule has 0 fully saturated rings. The van der Waals surface area contributed by atoms with Crippen molar-refractivity contribution in [2.24, 2.45) is 0 Å². The smallest absolute Gasteiger partial charge is 0.235 e. The van der Waals surface area contributed by atoms with Gasteiger partial charge in [0.25, 0.3) is 0 Å². The Morgan fingerprint density at radius 3 is 2.75 bits per heavy atom. The molecule has 8 heteroatoms. The molecule has 3 heterocycles. The summed E-state index contributed by atoms with van der Waals surface area (Å²) in [6.45, 7) is 6.06. The predicted molar refractivity (Wildman–Crippen MR) is 115 cm³/mol. The fourth-order valence-corrected chi connectivity index (χ4v) is 4.84. The number of amides is 1. The second kappa shape index (κ2) is 7.73. The van der Waals surface area contributed by atoms with Crippen LogP contribution >= 0.6 is 23.1 Å². The zero-order valence-corrected chi connectivity index (χ0v) is 17.4. The SMILES string of the molecule is Cc1cc(NC(=O)CSc2ncnc3sc(C)c(C)c23)n(-c2ccccc2)n1. The normalized spacial score (nSPS) is 11.1. The number of hydrogen-bond acceptors (Lipinski definition) is 6. The zero-order valence-electron chi connectivity index (χ0n) is 15.8. The number of nitrogens with zero attached hydrogens (tertiary/aromatic N) is 4. The fourth-order valence-electron chi connectivity index (χ4n) is 2.93. The largest absolute Gasteiger partial charge is 0.310 e. The Morgan fingerprint density at radius 2 is 1.96 bits per heavy atom. The van der Waals surface area contributed by atoms with Crippen LogP contribution in [0.25, 0.3) is 15.9 Å². The number of carbonyl (C=O) groups is 1. The minimum absolute atomic E-state index is 0.0987. The number of thiophene rings is 1. The number of anilines is 1. The van der Waals surface area contributed by atoms with Crippen LogP contribution in [0.3, 0.4) is 0 Å². The molecule has 28 heavy (non-hydrogen) atoms. The average molecular weight is 410 g/mol. The number of nitrogens with one attached hydrogen (secondary N) is 1. The van der Waals surface area contributed by atoms with E-state index < -0.39 is 0 Å². The zero-order chi connectivity index (χ0) is 19.7. The van der Waals surface area contributed by atoms with Gasteiger partial charge in [0.2, 0.25) is 5.91 Å².